The van der Waals surface area contributed by atoms with Gasteiger partial charge >= 0.3 is 0 Å². The summed E-state index contributed by atoms with van der Waals surface area (Å²) in [5, 5.41) is 5.89. The molecule has 182 valence electrons. The van der Waals surface area contributed by atoms with Crippen LogP contribution in [0.4, 0.5) is 0 Å². The molecule has 9 heteroatoms. The van der Waals surface area contributed by atoms with E-state index >= 15 is 0 Å². The number of pyridine rings is 1. The number of likely N-dealkylation sites (tertiary alicyclic amines) is 1. The molecule has 1 aromatic carbocycles. The second-order valence-corrected chi connectivity index (χ2v) is 8.61. The molecule has 0 aliphatic carbocycles. The van der Waals surface area contributed by atoms with E-state index in [-0.39, 0.29) is 29.7 Å². The molecule has 3 rings (SSSR count). The van der Waals surface area contributed by atoms with Crippen LogP contribution < -0.4 is 20.1 Å². The van der Waals surface area contributed by atoms with Gasteiger partial charge in [-0.05, 0) is 43.0 Å². The molecule has 1 saturated heterocycles. The molecule has 1 aromatic heterocycles. The number of piperidine rings is 1. The molecule has 0 spiro atoms. The smallest absolute Gasteiger partial charge is 0.253 e. The Morgan fingerprint density at radius 3 is 2.18 bits per heavy atom. The zero-order chi connectivity index (χ0) is 24.7. The van der Waals surface area contributed by atoms with Crippen molar-refractivity contribution in [3.05, 3.63) is 53.9 Å². The number of nitrogens with zero attached hydrogens (tertiary/aromatic N) is 2. The lowest BCUT2D eigenvalue weighted by Crippen LogP contribution is -2.54. The summed E-state index contributed by atoms with van der Waals surface area (Å²) in [6.45, 7) is 4.80. The number of nitrogens with one attached hydrogen (secondary N) is 2. The minimum absolute atomic E-state index is 0.0203. The Bertz CT molecular complexity index is 981. The Morgan fingerprint density at radius 1 is 1.00 bits per heavy atom. The highest BCUT2D eigenvalue weighted by Gasteiger charge is 2.32. The van der Waals surface area contributed by atoms with Crippen LogP contribution in [0.15, 0.2) is 42.7 Å². The zero-order valence-electron chi connectivity index (χ0n) is 20.0. The Hall–Kier alpha value is -3.62. The molecule has 0 saturated carbocycles. The molecule has 1 unspecified atom stereocenters. The van der Waals surface area contributed by atoms with Gasteiger partial charge in [0.05, 0.1) is 19.8 Å². The predicted octanol–water partition coefficient (Wildman–Crippen LogP) is 2.27. The molecule has 2 N–H and O–H groups in total. The fourth-order valence-electron chi connectivity index (χ4n) is 3.88. The lowest BCUT2D eigenvalue weighted by molar-refractivity contribution is -0.135. The number of hydrogen-bond donors (Lipinski definition) is 2. The lowest BCUT2D eigenvalue weighted by atomic mass is 9.99. The van der Waals surface area contributed by atoms with Gasteiger partial charge in [0.15, 0.2) is 0 Å². The van der Waals surface area contributed by atoms with E-state index in [1.807, 2.05) is 13.8 Å². The van der Waals surface area contributed by atoms with Gasteiger partial charge < -0.3 is 25.0 Å². The van der Waals surface area contributed by atoms with Crippen molar-refractivity contribution in [2.24, 2.45) is 5.92 Å². The molecule has 9 nitrogen and oxygen atoms in total. The van der Waals surface area contributed by atoms with Crippen molar-refractivity contribution in [1.82, 2.24) is 20.5 Å². The van der Waals surface area contributed by atoms with Crippen molar-refractivity contribution in [3.63, 3.8) is 0 Å². The Labute approximate surface area is 199 Å². The molecule has 34 heavy (non-hydrogen) atoms. The molecule has 2 aromatic rings. The van der Waals surface area contributed by atoms with E-state index in [1.54, 1.807) is 41.4 Å². The minimum atomic E-state index is -0.675. The fourth-order valence-corrected chi connectivity index (χ4v) is 3.88. The first-order chi connectivity index (χ1) is 16.3. The van der Waals surface area contributed by atoms with Crippen molar-refractivity contribution in [1.29, 1.82) is 0 Å². The van der Waals surface area contributed by atoms with Crippen LogP contribution in [0.1, 0.15) is 47.4 Å². The summed E-state index contributed by atoms with van der Waals surface area (Å²) in [5.41, 5.74) is 0.865. The molecule has 3 amide bonds. The van der Waals surface area contributed by atoms with Crippen LogP contribution in [0.3, 0.4) is 0 Å². The summed E-state index contributed by atoms with van der Waals surface area (Å²) in [4.78, 5) is 44.3. The summed E-state index contributed by atoms with van der Waals surface area (Å²) in [6, 6.07) is 7.64. The van der Waals surface area contributed by atoms with Crippen molar-refractivity contribution in [3.8, 4) is 11.5 Å². The molecule has 1 aliphatic heterocycles. The SMILES string of the molecule is COc1cc(OC)cc(C(=O)NC(C(=O)N2CCC(NC(=O)c3cccnc3)CC2)C(C)C)c1. The monoisotopic (exact) mass is 468 g/mol. The van der Waals surface area contributed by atoms with Gasteiger partial charge in [0, 0.05) is 43.2 Å². The first-order valence-electron chi connectivity index (χ1n) is 11.4. The average molecular weight is 469 g/mol. The highest BCUT2D eigenvalue weighted by molar-refractivity contribution is 5.98. The quantitative estimate of drug-likeness (QED) is 0.615. The molecule has 1 atom stereocenters. The molecule has 2 heterocycles. The molecule has 0 bridgehead atoms. The van der Waals surface area contributed by atoms with Crippen LogP contribution in [0.25, 0.3) is 0 Å². The van der Waals surface area contributed by atoms with Crippen LogP contribution in [0.5, 0.6) is 11.5 Å². The second-order valence-electron chi connectivity index (χ2n) is 8.61. The number of aromatic nitrogens is 1. The maximum atomic E-state index is 13.3. The summed E-state index contributed by atoms with van der Waals surface area (Å²) in [6.07, 6.45) is 4.44. The van der Waals surface area contributed by atoms with Crippen LogP contribution in [0, 0.1) is 5.92 Å². The van der Waals surface area contributed by atoms with Crippen molar-refractivity contribution in [2.45, 2.75) is 38.8 Å². The van der Waals surface area contributed by atoms with Gasteiger partial charge in [-0.1, -0.05) is 13.8 Å². The predicted molar refractivity (Wildman–Crippen MR) is 127 cm³/mol. The molecule has 0 radical (unpaired) electrons. The zero-order valence-corrected chi connectivity index (χ0v) is 20.0. The standard InChI is InChI=1S/C25H32N4O5/c1-16(2)22(28-24(31)18-12-20(33-3)14-21(13-18)34-4)25(32)29-10-7-19(8-11-29)27-23(30)17-6-5-9-26-15-17/h5-6,9,12-16,19,22H,7-8,10-11H2,1-4H3,(H,27,30)(H,28,31). The maximum Gasteiger partial charge on any atom is 0.253 e. The number of benzene rings is 1. The van der Waals surface area contributed by atoms with E-state index in [0.717, 1.165) is 0 Å². The second kappa shape index (κ2) is 11.5. The minimum Gasteiger partial charge on any atom is -0.497 e. The van der Waals surface area contributed by atoms with E-state index in [2.05, 4.69) is 15.6 Å². The van der Waals surface area contributed by atoms with E-state index in [0.29, 0.717) is 48.6 Å². The Balaban J connectivity index is 1.60. The van der Waals surface area contributed by atoms with E-state index in [1.165, 1.54) is 20.4 Å². The van der Waals surface area contributed by atoms with Gasteiger partial charge in [-0.25, -0.2) is 0 Å². The highest BCUT2D eigenvalue weighted by atomic mass is 16.5. The third-order valence-corrected chi connectivity index (χ3v) is 5.90. The number of methoxy groups -OCH3 is 2. The third-order valence-electron chi connectivity index (χ3n) is 5.90. The number of rotatable bonds is 8. The van der Waals surface area contributed by atoms with E-state index in [9.17, 15) is 14.4 Å². The topological polar surface area (TPSA) is 110 Å². The maximum absolute atomic E-state index is 13.3. The summed E-state index contributed by atoms with van der Waals surface area (Å²) >= 11 is 0. The molecule has 1 fully saturated rings. The number of carbonyl (C=O) groups is 3. The fraction of sp³-hybridized carbons (Fsp3) is 0.440. The normalized spacial score (nSPS) is 14.9. The lowest BCUT2D eigenvalue weighted by Gasteiger charge is -2.35. The van der Waals surface area contributed by atoms with E-state index in [4.69, 9.17) is 9.47 Å². The van der Waals surface area contributed by atoms with Crippen molar-refractivity contribution in [2.75, 3.05) is 27.3 Å². The third kappa shape index (κ3) is 6.24. The summed E-state index contributed by atoms with van der Waals surface area (Å²) in [5.74, 6) is 0.212. The van der Waals surface area contributed by atoms with Crippen LogP contribution in [0.2, 0.25) is 0 Å². The van der Waals surface area contributed by atoms with Crippen LogP contribution >= 0.6 is 0 Å². The summed E-state index contributed by atoms with van der Waals surface area (Å²) in [7, 11) is 3.03. The van der Waals surface area contributed by atoms with Gasteiger partial charge in [-0.3, -0.25) is 19.4 Å². The van der Waals surface area contributed by atoms with Crippen molar-refractivity contribution >= 4 is 17.7 Å². The largest absolute Gasteiger partial charge is 0.497 e. The van der Waals surface area contributed by atoms with Gasteiger partial charge in [0.1, 0.15) is 17.5 Å². The average Bonchev–Trinajstić information content (AvgIpc) is 2.87. The van der Waals surface area contributed by atoms with Crippen LogP contribution in [-0.2, 0) is 4.79 Å². The molecular weight excluding hydrogens is 436 g/mol. The number of ether oxygens (including phenoxy) is 2. The van der Waals surface area contributed by atoms with Crippen LogP contribution in [-0.4, -0.2) is 67.0 Å². The van der Waals surface area contributed by atoms with Gasteiger partial charge in [-0.2, -0.15) is 0 Å². The van der Waals surface area contributed by atoms with Gasteiger partial charge in [0.25, 0.3) is 11.8 Å². The number of hydrogen-bond acceptors (Lipinski definition) is 6. The molecular formula is C25H32N4O5. The van der Waals surface area contributed by atoms with Gasteiger partial charge in [0.2, 0.25) is 5.91 Å². The number of amides is 3. The summed E-state index contributed by atoms with van der Waals surface area (Å²) < 4.78 is 10.5. The van der Waals surface area contributed by atoms with Gasteiger partial charge in [-0.15, -0.1) is 0 Å². The molecule has 1 aliphatic rings. The Morgan fingerprint density at radius 2 is 1.65 bits per heavy atom. The first-order valence-corrected chi connectivity index (χ1v) is 11.4. The first kappa shape index (κ1) is 25.0. The Kier molecular flexibility index (Phi) is 8.45. The van der Waals surface area contributed by atoms with Crippen molar-refractivity contribution < 1.29 is 23.9 Å². The van der Waals surface area contributed by atoms with E-state index < -0.39 is 6.04 Å². The highest BCUT2D eigenvalue weighted by Crippen LogP contribution is 2.23. The number of carbonyl (C=O) groups excluding carboxylic acids is 3.